The maximum atomic E-state index is 13.5. The Morgan fingerprint density at radius 2 is 1.23 bits per heavy atom. The van der Waals surface area contributed by atoms with E-state index in [9.17, 15) is 18.0 Å². The summed E-state index contributed by atoms with van der Waals surface area (Å²) in [7, 11) is -4.45. The molecule has 0 N–H and O–H groups in total. The second-order valence-corrected chi connectivity index (χ2v) is 11.9. The second kappa shape index (κ2) is 10.5. The second-order valence-electron chi connectivity index (χ2n) is 10.1. The van der Waals surface area contributed by atoms with Gasteiger partial charge in [0.05, 0.1) is 4.90 Å². The molecule has 0 bridgehead atoms. The molecule has 8 heteroatoms. The molecule has 0 aliphatic carbocycles. The van der Waals surface area contributed by atoms with Crippen molar-refractivity contribution in [3.05, 3.63) is 65.2 Å². The van der Waals surface area contributed by atoms with E-state index in [-0.39, 0.29) is 4.90 Å². The highest BCUT2D eigenvalue weighted by Crippen LogP contribution is 2.24. The third-order valence-corrected chi connectivity index (χ3v) is 6.34. The number of carbonyl (C=O) groups excluding carboxylic acids is 2. The first-order valence-corrected chi connectivity index (χ1v) is 12.6. The van der Waals surface area contributed by atoms with Gasteiger partial charge < -0.3 is 9.47 Å². The van der Waals surface area contributed by atoms with E-state index < -0.39 is 39.3 Å². The van der Waals surface area contributed by atoms with Crippen molar-refractivity contribution in [1.29, 1.82) is 0 Å². The molecule has 0 aromatic heterocycles. The molecule has 7 nitrogen and oxygen atoms in total. The molecule has 0 aliphatic rings. The van der Waals surface area contributed by atoms with Crippen molar-refractivity contribution >= 4 is 22.1 Å². The van der Waals surface area contributed by atoms with Gasteiger partial charge in [0.25, 0.3) is 10.0 Å². The van der Waals surface area contributed by atoms with Crippen LogP contribution in [0.15, 0.2) is 53.4 Å². The van der Waals surface area contributed by atoms with Gasteiger partial charge in [-0.2, -0.15) is 4.31 Å². The van der Waals surface area contributed by atoms with Crippen LogP contribution in [0.2, 0.25) is 0 Å². The summed E-state index contributed by atoms with van der Waals surface area (Å²) in [6.45, 7) is 13.1. The van der Waals surface area contributed by atoms with Gasteiger partial charge in [0, 0.05) is 11.1 Å². The highest BCUT2D eigenvalue weighted by Gasteiger charge is 2.41. The van der Waals surface area contributed by atoms with E-state index in [0.717, 1.165) is 11.1 Å². The summed E-state index contributed by atoms with van der Waals surface area (Å²) in [4.78, 5) is 25.4. The van der Waals surface area contributed by atoms with Crippen LogP contribution in [-0.2, 0) is 24.3 Å². The lowest BCUT2D eigenvalue weighted by Gasteiger charge is -2.31. The fourth-order valence-electron chi connectivity index (χ4n) is 2.86. The number of ether oxygens (including phenoxy) is 2. The van der Waals surface area contributed by atoms with Crippen LogP contribution < -0.4 is 0 Å². The SMILES string of the molecule is Cc1ccc(C#Cc2ccc(S(=O)(=O)N(C(=O)OC(C)(C)C)[C@H](C)C(=O)OC(C)(C)C)cc2)cc1. The predicted molar refractivity (Wildman–Crippen MR) is 134 cm³/mol. The van der Waals surface area contributed by atoms with Crippen LogP contribution in [0.3, 0.4) is 0 Å². The Kier molecular flexibility index (Phi) is 8.40. The Morgan fingerprint density at radius 3 is 1.66 bits per heavy atom. The lowest BCUT2D eigenvalue weighted by atomic mass is 10.1. The van der Waals surface area contributed by atoms with Crippen LogP contribution in [0.4, 0.5) is 4.79 Å². The van der Waals surface area contributed by atoms with E-state index in [0.29, 0.717) is 9.87 Å². The number of aryl methyl sites for hydroxylation is 1. The molecule has 188 valence electrons. The van der Waals surface area contributed by atoms with Gasteiger partial charge in [-0.25, -0.2) is 18.0 Å². The topological polar surface area (TPSA) is 90.0 Å². The number of amides is 1. The average Bonchev–Trinajstić information content (AvgIpc) is 2.71. The average molecular weight is 500 g/mol. The zero-order valence-electron chi connectivity index (χ0n) is 21.5. The van der Waals surface area contributed by atoms with Gasteiger partial charge in [-0.15, -0.1) is 0 Å². The minimum absolute atomic E-state index is 0.181. The highest BCUT2D eigenvalue weighted by atomic mass is 32.2. The lowest BCUT2D eigenvalue weighted by Crippen LogP contribution is -2.50. The standard InChI is InChI=1S/C27H33NO6S/c1-19-9-11-21(12-10-19)13-14-22-15-17-23(18-16-22)35(31,32)28(25(30)34-27(6,7)8)20(2)24(29)33-26(3,4)5/h9-12,15-18,20H,1-8H3/t20-/m1/s1. The summed E-state index contributed by atoms with van der Waals surface area (Å²) >= 11 is 0. The molecule has 0 radical (unpaired) electrons. The minimum Gasteiger partial charge on any atom is -0.458 e. The largest absolute Gasteiger partial charge is 0.458 e. The smallest absolute Gasteiger partial charge is 0.425 e. The lowest BCUT2D eigenvalue weighted by molar-refractivity contribution is -0.158. The third-order valence-electron chi connectivity index (χ3n) is 4.49. The Labute approximate surface area is 208 Å². The maximum Gasteiger partial charge on any atom is 0.425 e. The van der Waals surface area contributed by atoms with Gasteiger partial charge in [0.1, 0.15) is 17.2 Å². The Hall–Kier alpha value is -3.31. The number of sulfonamides is 1. The van der Waals surface area contributed by atoms with Crippen molar-refractivity contribution in [3.8, 4) is 11.8 Å². The molecule has 0 spiro atoms. The molecule has 0 saturated carbocycles. The quantitative estimate of drug-likeness (QED) is 0.432. The first-order valence-electron chi connectivity index (χ1n) is 11.2. The number of hydrogen-bond donors (Lipinski definition) is 0. The Balaban J connectivity index is 2.40. The molecular weight excluding hydrogens is 466 g/mol. The van der Waals surface area contributed by atoms with Gasteiger partial charge in [0.15, 0.2) is 0 Å². The maximum absolute atomic E-state index is 13.5. The number of nitrogens with zero attached hydrogens (tertiary/aromatic N) is 1. The fourth-order valence-corrected chi connectivity index (χ4v) is 4.30. The monoisotopic (exact) mass is 499 g/mol. The van der Waals surface area contributed by atoms with Crippen LogP contribution in [0.5, 0.6) is 0 Å². The summed E-state index contributed by atoms with van der Waals surface area (Å²) in [5, 5.41) is 0. The van der Waals surface area contributed by atoms with E-state index in [1.165, 1.54) is 19.1 Å². The summed E-state index contributed by atoms with van der Waals surface area (Å²) < 4.78 is 38.0. The molecular formula is C27H33NO6S. The molecule has 2 aromatic rings. The molecule has 2 aromatic carbocycles. The van der Waals surface area contributed by atoms with Crippen LogP contribution in [0.1, 0.15) is 65.2 Å². The van der Waals surface area contributed by atoms with Gasteiger partial charge in [0.2, 0.25) is 0 Å². The van der Waals surface area contributed by atoms with Crippen LogP contribution in [0, 0.1) is 18.8 Å². The minimum atomic E-state index is -4.45. The summed E-state index contributed by atoms with van der Waals surface area (Å²) in [6.07, 6.45) is -1.17. The summed E-state index contributed by atoms with van der Waals surface area (Å²) in [5.41, 5.74) is 0.698. The van der Waals surface area contributed by atoms with Crippen molar-refractivity contribution in [3.63, 3.8) is 0 Å². The van der Waals surface area contributed by atoms with Gasteiger partial charge in [-0.05, 0) is 91.8 Å². The number of carbonyl (C=O) groups is 2. The van der Waals surface area contributed by atoms with E-state index >= 15 is 0 Å². The van der Waals surface area contributed by atoms with Crippen molar-refractivity contribution in [2.24, 2.45) is 0 Å². The first-order chi connectivity index (χ1) is 16.0. The van der Waals surface area contributed by atoms with Crippen molar-refractivity contribution in [2.45, 2.75) is 77.5 Å². The zero-order chi connectivity index (χ0) is 26.6. The van der Waals surface area contributed by atoms with E-state index in [1.807, 2.05) is 31.2 Å². The molecule has 2 rings (SSSR count). The van der Waals surface area contributed by atoms with E-state index in [1.54, 1.807) is 53.7 Å². The molecule has 0 fully saturated rings. The number of benzene rings is 2. The molecule has 1 amide bonds. The molecule has 0 unspecified atom stereocenters. The van der Waals surface area contributed by atoms with Crippen LogP contribution >= 0.6 is 0 Å². The molecule has 0 heterocycles. The number of hydrogen-bond acceptors (Lipinski definition) is 6. The third kappa shape index (κ3) is 8.15. The van der Waals surface area contributed by atoms with Gasteiger partial charge >= 0.3 is 12.1 Å². The predicted octanol–water partition coefficient (Wildman–Crippen LogP) is 5.05. The Bertz CT molecular complexity index is 1220. The normalized spacial score (nSPS) is 12.7. The molecule has 35 heavy (non-hydrogen) atoms. The zero-order valence-corrected chi connectivity index (χ0v) is 22.3. The molecule has 0 saturated heterocycles. The summed E-state index contributed by atoms with van der Waals surface area (Å²) in [5.74, 6) is 5.14. The van der Waals surface area contributed by atoms with Crippen LogP contribution in [-0.4, -0.2) is 42.0 Å². The van der Waals surface area contributed by atoms with Gasteiger partial charge in [-0.1, -0.05) is 29.5 Å². The van der Waals surface area contributed by atoms with Crippen molar-refractivity contribution < 1.29 is 27.5 Å². The van der Waals surface area contributed by atoms with E-state index in [2.05, 4.69) is 11.8 Å². The first kappa shape index (κ1) is 27.9. The van der Waals surface area contributed by atoms with E-state index in [4.69, 9.17) is 9.47 Å². The number of rotatable bonds is 4. The van der Waals surface area contributed by atoms with Crippen LogP contribution in [0.25, 0.3) is 0 Å². The van der Waals surface area contributed by atoms with Crippen molar-refractivity contribution in [2.75, 3.05) is 0 Å². The highest BCUT2D eigenvalue weighted by molar-refractivity contribution is 7.89. The fraction of sp³-hybridized carbons (Fsp3) is 0.407. The number of esters is 1. The molecule has 1 atom stereocenters. The van der Waals surface area contributed by atoms with Crippen molar-refractivity contribution in [1.82, 2.24) is 4.31 Å². The summed E-state index contributed by atoms with van der Waals surface area (Å²) in [6, 6.07) is 12.0. The molecule has 0 aliphatic heterocycles. The Morgan fingerprint density at radius 1 is 0.800 bits per heavy atom. The van der Waals surface area contributed by atoms with Gasteiger partial charge in [-0.3, -0.25) is 0 Å².